The first-order chi connectivity index (χ1) is 20.6. The summed E-state index contributed by atoms with van der Waals surface area (Å²) in [5.41, 5.74) is 1.85. The van der Waals surface area contributed by atoms with E-state index in [2.05, 4.69) is 38.5 Å². The van der Waals surface area contributed by atoms with Crippen molar-refractivity contribution < 1.29 is 19.1 Å². The topological polar surface area (TPSA) is 109 Å². The van der Waals surface area contributed by atoms with E-state index >= 15 is 0 Å². The van der Waals surface area contributed by atoms with Gasteiger partial charge in [-0.1, -0.05) is 48.4 Å². The minimum atomic E-state index is -0.810. The smallest absolute Gasteiger partial charge is 0.435 e. The standard InChI is InChI=1S/C32H34N6O4S/c1-5-19-42-31(41)38-30-25(20-26(43-30)29(40)34-32(2,3)24-9-7-6-8-10-24)27(35-38)33-28(39)23-13-11-22(12-14-23)21-37-17-15-36(4)16-18-37/h1,6-14,20H,15-19,21H2,2-4H3,(H,34,40)(H,33,35,39). The average molecular weight is 599 g/mol. The SMILES string of the molecule is C#CCOC(=O)n1nc(NC(=O)c2ccc(CN3CCN(C)CC3)cc2)c2cc(C(=O)NC(C)(C)c3ccccc3)sc21. The van der Waals surface area contributed by atoms with Crippen LogP contribution in [0.3, 0.4) is 0 Å². The number of terminal acetylenes is 1. The van der Waals surface area contributed by atoms with Crippen LogP contribution in [-0.4, -0.2) is 77.3 Å². The number of hydrogen-bond donors (Lipinski definition) is 2. The molecule has 5 rings (SSSR count). The molecule has 0 unspecified atom stereocenters. The van der Waals surface area contributed by atoms with Crippen LogP contribution in [0.4, 0.5) is 10.6 Å². The molecule has 0 radical (unpaired) electrons. The summed E-state index contributed by atoms with van der Waals surface area (Å²) >= 11 is 1.07. The van der Waals surface area contributed by atoms with Crippen LogP contribution in [-0.2, 0) is 16.8 Å². The fourth-order valence-electron chi connectivity index (χ4n) is 4.88. The lowest BCUT2D eigenvalue weighted by molar-refractivity contribution is 0.0915. The number of anilines is 1. The summed E-state index contributed by atoms with van der Waals surface area (Å²) in [7, 11) is 2.13. The van der Waals surface area contributed by atoms with E-state index in [1.807, 2.05) is 56.3 Å². The summed E-state index contributed by atoms with van der Waals surface area (Å²) in [5, 5.41) is 10.6. The van der Waals surface area contributed by atoms with Crippen LogP contribution in [0.25, 0.3) is 10.2 Å². The molecule has 2 N–H and O–H groups in total. The highest BCUT2D eigenvalue weighted by molar-refractivity contribution is 7.20. The van der Waals surface area contributed by atoms with Gasteiger partial charge in [-0.2, -0.15) is 4.68 Å². The van der Waals surface area contributed by atoms with Crippen molar-refractivity contribution in [3.05, 3.63) is 82.2 Å². The number of nitrogens with one attached hydrogen (secondary N) is 2. The van der Waals surface area contributed by atoms with Gasteiger partial charge in [-0.15, -0.1) is 22.9 Å². The summed E-state index contributed by atoms with van der Waals surface area (Å²) < 4.78 is 6.11. The number of carbonyl (C=O) groups excluding carboxylic acids is 3. The zero-order valence-corrected chi connectivity index (χ0v) is 25.2. The molecule has 1 saturated heterocycles. The Morgan fingerprint density at radius 2 is 1.72 bits per heavy atom. The van der Waals surface area contributed by atoms with Crippen LogP contribution >= 0.6 is 11.3 Å². The van der Waals surface area contributed by atoms with Crippen molar-refractivity contribution in [2.24, 2.45) is 0 Å². The second-order valence-electron chi connectivity index (χ2n) is 11.0. The Labute approximate surface area is 254 Å². The monoisotopic (exact) mass is 598 g/mol. The molecule has 1 fully saturated rings. The molecule has 4 aromatic rings. The van der Waals surface area contributed by atoms with Crippen molar-refractivity contribution in [2.45, 2.75) is 25.9 Å². The van der Waals surface area contributed by atoms with Crippen LogP contribution in [0, 0.1) is 12.3 Å². The molecule has 2 amide bonds. The summed E-state index contributed by atoms with van der Waals surface area (Å²) in [6, 6.07) is 18.7. The second-order valence-corrected chi connectivity index (χ2v) is 12.1. The van der Waals surface area contributed by atoms with Gasteiger partial charge in [0.2, 0.25) is 0 Å². The van der Waals surface area contributed by atoms with E-state index in [9.17, 15) is 14.4 Å². The molecular weight excluding hydrogens is 564 g/mol. The second kappa shape index (κ2) is 12.8. The predicted molar refractivity (Wildman–Crippen MR) is 167 cm³/mol. The zero-order chi connectivity index (χ0) is 30.6. The van der Waals surface area contributed by atoms with Gasteiger partial charge in [-0.3, -0.25) is 14.5 Å². The van der Waals surface area contributed by atoms with Gasteiger partial charge >= 0.3 is 6.09 Å². The van der Waals surface area contributed by atoms with Crippen molar-refractivity contribution in [3.63, 3.8) is 0 Å². The number of likely N-dealkylation sites (N-methyl/N-ethyl adjacent to an activating group) is 1. The number of benzene rings is 2. The summed E-state index contributed by atoms with van der Waals surface area (Å²) in [4.78, 5) is 44.7. The molecule has 0 spiro atoms. The molecule has 10 nitrogen and oxygen atoms in total. The van der Waals surface area contributed by atoms with Gasteiger partial charge in [0.25, 0.3) is 11.8 Å². The Morgan fingerprint density at radius 3 is 2.40 bits per heavy atom. The number of thiophene rings is 1. The number of fused-ring (bicyclic) bond motifs is 1. The van der Waals surface area contributed by atoms with Crippen molar-refractivity contribution >= 4 is 45.3 Å². The van der Waals surface area contributed by atoms with Gasteiger partial charge in [-0.05, 0) is 50.2 Å². The highest BCUT2D eigenvalue weighted by Gasteiger charge is 2.27. The molecule has 3 heterocycles. The van der Waals surface area contributed by atoms with E-state index in [1.54, 1.807) is 18.2 Å². The molecular formula is C32H34N6O4S. The maximum Gasteiger partial charge on any atom is 0.437 e. The number of hydrogen-bond acceptors (Lipinski definition) is 8. The van der Waals surface area contributed by atoms with E-state index in [-0.39, 0.29) is 18.3 Å². The number of aromatic nitrogens is 2. The van der Waals surface area contributed by atoms with Crippen molar-refractivity contribution in [3.8, 4) is 12.3 Å². The molecule has 0 saturated carbocycles. The largest absolute Gasteiger partial charge is 0.437 e. The molecule has 1 aliphatic rings. The molecule has 2 aromatic carbocycles. The molecule has 0 atom stereocenters. The normalized spacial score (nSPS) is 14.3. The highest BCUT2D eigenvalue weighted by Crippen LogP contribution is 2.33. The Hall–Kier alpha value is -4.50. The number of amides is 2. The Bertz CT molecular complexity index is 1660. The number of piperazine rings is 1. The van der Waals surface area contributed by atoms with Crippen molar-refractivity contribution in [1.29, 1.82) is 0 Å². The van der Waals surface area contributed by atoms with E-state index < -0.39 is 17.5 Å². The summed E-state index contributed by atoms with van der Waals surface area (Å²) in [6.45, 7) is 8.48. The molecule has 11 heteroatoms. The van der Waals surface area contributed by atoms with Gasteiger partial charge < -0.3 is 20.3 Å². The van der Waals surface area contributed by atoms with Gasteiger partial charge in [0.05, 0.1) is 15.8 Å². The quantitative estimate of drug-likeness (QED) is 0.290. The number of ether oxygens (including phenoxy) is 1. The molecule has 43 heavy (non-hydrogen) atoms. The number of nitrogens with zero attached hydrogens (tertiary/aromatic N) is 4. The Morgan fingerprint density at radius 1 is 1.02 bits per heavy atom. The third-order valence-electron chi connectivity index (χ3n) is 7.41. The van der Waals surface area contributed by atoms with Crippen LogP contribution in [0.15, 0.2) is 60.7 Å². The van der Waals surface area contributed by atoms with Gasteiger partial charge in [0.15, 0.2) is 12.4 Å². The first kappa shape index (κ1) is 30.0. The number of rotatable bonds is 8. The van der Waals surface area contributed by atoms with Gasteiger partial charge in [0, 0.05) is 38.3 Å². The molecule has 2 aromatic heterocycles. The fourth-order valence-corrected chi connectivity index (χ4v) is 5.87. The third-order valence-corrected chi connectivity index (χ3v) is 8.52. The number of carbonyl (C=O) groups is 3. The lowest BCUT2D eigenvalue weighted by Crippen LogP contribution is -2.43. The van der Waals surface area contributed by atoms with Crippen molar-refractivity contribution in [2.75, 3.05) is 45.2 Å². The Kier molecular flexibility index (Phi) is 8.92. The van der Waals surface area contributed by atoms with E-state index in [0.29, 0.717) is 20.7 Å². The minimum absolute atomic E-state index is 0.136. The first-order valence-electron chi connectivity index (χ1n) is 14.0. The zero-order valence-electron chi connectivity index (χ0n) is 24.4. The average Bonchev–Trinajstić information content (AvgIpc) is 3.58. The molecule has 1 aliphatic heterocycles. The highest BCUT2D eigenvalue weighted by atomic mass is 32.1. The summed E-state index contributed by atoms with van der Waals surface area (Å²) in [6.07, 6.45) is 4.44. The van der Waals surface area contributed by atoms with E-state index in [0.717, 1.165) is 59.9 Å². The summed E-state index contributed by atoms with van der Waals surface area (Å²) in [5.74, 6) is 1.67. The predicted octanol–water partition coefficient (Wildman–Crippen LogP) is 4.38. The van der Waals surface area contributed by atoms with Crippen molar-refractivity contribution in [1.82, 2.24) is 24.9 Å². The first-order valence-corrected chi connectivity index (χ1v) is 14.8. The maximum atomic E-state index is 13.3. The lowest BCUT2D eigenvalue weighted by Gasteiger charge is -2.32. The van der Waals surface area contributed by atoms with Crippen LogP contribution in [0.5, 0.6) is 0 Å². The van der Waals surface area contributed by atoms with Crippen LogP contribution in [0.2, 0.25) is 0 Å². The molecule has 222 valence electrons. The minimum Gasteiger partial charge on any atom is -0.435 e. The van der Waals surface area contributed by atoms with Crippen LogP contribution < -0.4 is 10.6 Å². The molecule has 0 aliphatic carbocycles. The fraction of sp³-hybridized carbons (Fsp3) is 0.312. The maximum absolute atomic E-state index is 13.3. The van der Waals surface area contributed by atoms with Gasteiger partial charge in [-0.25, -0.2) is 4.79 Å². The molecule has 0 bridgehead atoms. The third kappa shape index (κ3) is 6.94. The van der Waals surface area contributed by atoms with E-state index in [4.69, 9.17) is 11.2 Å². The van der Waals surface area contributed by atoms with Crippen LogP contribution in [0.1, 0.15) is 45.0 Å². The lowest BCUT2D eigenvalue weighted by atomic mass is 9.94. The Balaban J connectivity index is 1.36. The van der Waals surface area contributed by atoms with Gasteiger partial charge in [0.1, 0.15) is 4.83 Å². The van der Waals surface area contributed by atoms with E-state index in [1.165, 1.54) is 0 Å².